The first-order valence-corrected chi connectivity index (χ1v) is 5.91. The van der Waals surface area contributed by atoms with Crippen LogP contribution >= 0.6 is 0 Å². The van der Waals surface area contributed by atoms with Gasteiger partial charge in [-0.05, 0) is 32.1 Å². The maximum Gasteiger partial charge on any atom is 0.140 e. The summed E-state index contributed by atoms with van der Waals surface area (Å²) >= 11 is 0. The maximum absolute atomic E-state index is 4.28. The van der Waals surface area contributed by atoms with Crippen LogP contribution in [0.3, 0.4) is 0 Å². The predicted octanol–water partition coefficient (Wildman–Crippen LogP) is 1.58. The van der Waals surface area contributed by atoms with Crippen molar-refractivity contribution in [1.29, 1.82) is 0 Å². The highest BCUT2D eigenvalue weighted by molar-refractivity contribution is 4.88. The van der Waals surface area contributed by atoms with Crippen LogP contribution in [0.2, 0.25) is 0 Å². The minimum atomic E-state index is 0.622. The molecule has 1 fully saturated rings. The first kappa shape index (κ1) is 10.6. The molecular formula is C11H20N4. The van der Waals surface area contributed by atoms with Crippen molar-refractivity contribution in [2.24, 2.45) is 5.92 Å². The number of aryl methyl sites for hydroxylation is 1. The minimum absolute atomic E-state index is 0.622. The summed E-state index contributed by atoms with van der Waals surface area (Å²) < 4.78 is 1.99. The highest BCUT2D eigenvalue weighted by Crippen LogP contribution is 2.32. The number of hydrogen-bond donors (Lipinski definition) is 1. The summed E-state index contributed by atoms with van der Waals surface area (Å²) in [5, 5.41) is 7.73. The second kappa shape index (κ2) is 4.75. The summed E-state index contributed by atoms with van der Waals surface area (Å²) in [5.74, 6) is 1.96. The maximum atomic E-state index is 4.28. The normalized spacial score (nSPS) is 18.0. The van der Waals surface area contributed by atoms with Gasteiger partial charge in [0.25, 0.3) is 0 Å². The van der Waals surface area contributed by atoms with Gasteiger partial charge in [-0.1, -0.05) is 6.92 Å². The van der Waals surface area contributed by atoms with Crippen molar-refractivity contribution in [2.45, 2.75) is 52.2 Å². The molecule has 0 saturated heterocycles. The zero-order valence-corrected chi connectivity index (χ0v) is 9.61. The molecule has 1 aliphatic carbocycles. The average molecular weight is 208 g/mol. The molecule has 2 rings (SSSR count). The van der Waals surface area contributed by atoms with Gasteiger partial charge in [0.15, 0.2) is 0 Å². The molecule has 1 aliphatic rings. The first-order valence-electron chi connectivity index (χ1n) is 5.91. The lowest BCUT2D eigenvalue weighted by Crippen LogP contribution is -2.28. The van der Waals surface area contributed by atoms with Crippen molar-refractivity contribution in [1.82, 2.24) is 20.1 Å². The summed E-state index contributed by atoms with van der Waals surface area (Å²) in [6.07, 6.45) is 5.52. The van der Waals surface area contributed by atoms with E-state index in [-0.39, 0.29) is 0 Å². The molecule has 1 unspecified atom stereocenters. The molecule has 1 aromatic heterocycles. The lowest BCUT2D eigenvalue weighted by molar-refractivity contribution is 0.467. The Morgan fingerprint density at radius 2 is 2.40 bits per heavy atom. The van der Waals surface area contributed by atoms with E-state index < -0.39 is 0 Å². The summed E-state index contributed by atoms with van der Waals surface area (Å²) in [7, 11) is 0. The van der Waals surface area contributed by atoms with E-state index in [9.17, 15) is 0 Å². The molecule has 0 aromatic carbocycles. The Balaban J connectivity index is 1.83. The summed E-state index contributed by atoms with van der Waals surface area (Å²) in [4.78, 5) is 4.28. The van der Waals surface area contributed by atoms with Gasteiger partial charge in [-0.3, -0.25) is 0 Å². The van der Waals surface area contributed by atoms with Crippen LogP contribution in [0.4, 0.5) is 0 Å². The Morgan fingerprint density at radius 1 is 1.60 bits per heavy atom. The van der Waals surface area contributed by atoms with Gasteiger partial charge in [-0.25, -0.2) is 9.67 Å². The van der Waals surface area contributed by atoms with Gasteiger partial charge in [0.05, 0.1) is 6.54 Å². The second-order valence-electron chi connectivity index (χ2n) is 4.41. The van der Waals surface area contributed by atoms with Crippen molar-refractivity contribution in [3.05, 3.63) is 12.2 Å². The van der Waals surface area contributed by atoms with Gasteiger partial charge in [-0.15, -0.1) is 0 Å². The molecule has 1 heterocycles. The highest BCUT2D eigenvalue weighted by atomic mass is 15.3. The van der Waals surface area contributed by atoms with Gasteiger partial charge < -0.3 is 5.32 Å². The zero-order valence-electron chi connectivity index (χ0n) is 9.61. The van der Waals surface area contributed by atoms with Gasteiger partial charge in [-0.2, -0.15) is 5.10 Å². The van der Waals surface area contributed by atoms with Crippen molar-refractivity contribution in [2.75, 3.05) is 0 Å². The van der Waals surface area contributed by atoms with Crippen LogP contribution in [-0.2, 0) is 13.1 Å². The third-order valence-electron chi connectivity index (χ3n) is 3.04. The van der Waals surface area contributed by atoms with Gasteiger partial charge in [0.2, 0.25) is 0 Å². The Labute approximate surface area is 91.1 Å². The fourth-order valence-corrected chi connectivity index (χ4v) is 1.84. The fraction of sp³-hybridized carbons (Fsp3) is 0.818. The number of nitrogens with zero attached hydrogens (tertiary/aromatic N) is 3. The lowest BCUT2D eigenvalue weighted by atomic mass is 10.2. The van der Waals surface area contributed by atoms with Gasteiger partial charge in [0.1, 0.15) is 12.2 Å². The van der Waals surface area contributed by atoms with E-state index in [4.69, 9.17) is 0 Å². The minimum Gasteiger partial charge on any atom is -0.307 e. The molecule has 0 radical (unpaired) electrons. The molecule has 1 N–H and O–H groups in total. The van der Waals surface area contributed by atoms with Crippen LogP contribution in [0, 0.1) is 5.92 Å². The van der Waals surface area contributed by atoms with E-state index in [1.54, 1.807) is 6.33 Å². The number of hydrogen-bond acceptors (Lipinski definition) is 3. The summed E-state index contributed by atoms with van der Waals surface area (Å²) in [6, 6.07) is 0.622. The third kappa shape index (κ3) is 2.78. The molecule has 0 amide bonds. The molecule has 4 nitrogen and oxygen atoms in total. The summed E-state index contributed by atoms with van der Waals surface area (Å²) in [6.45, 7) is 6.23. The van der Waals surface area contributed by atoms with Crippen LogP contribution in [0.1, 0.15) is 38.9 Å². The standard InChI is InChI=1S/C11H20N4/c1-3-6-15-11(13-8-14-15)7-12-9(2)10-4-5-10/h8-10,12H,3-7H2,1-2H3. The van der Waals surface area contributed by atoms with Crippen LogP contribution < -0.4 is 5.32 Å². The smallest absolute Gasteiger partial charge is 0.140 e. The number of aromatic nitrogens is 3. The van der Waals surface area contributed by atoms with Crippen LogP contribution in [0.5, 0.6) is 0 Å². The van der Waals surface area contributed by atoms with Crippen molar-refractivity contribution in [3.63, 3.8) is 0 Å². The van der Waals surface area contributed by atoms with Crippen molar-refractivity contribution < 1.29 is 0 Å². The zero-order chi connectivity index (χ0) is 10.7. The number of nitrogens with one attached hydrogen (secondary N) is 1. The average Bonchev–Trinajstić information content (AvgIpc) is 2.99. The molecule has 1 atom stereocenters. The van der Waals surface area contributed by atoms with Gasteiger partial charge in [0, 0.05) is 12.6 Å². The van der Waals surface area contributed by atoms with E-state index in [2.05, 4.69) is 29.2 Å². The summed E-state index contributed by atoms with van der Waals surface area (Å²) in [5.41, 5.74) is 0. The quantitative estimate of drug-likeness (QED) is 0.771. The van der Waals surface area contributed by atoms with Crippen molar-refractivity contribution in [3.8, 4) is 0 Å². The highest BCUT2D eigenvalue weighted by Gasteiger charge is 2.27. The van der Waals surface area contributed by atoms with Gasteiger partial charge >= 0.3 is 0 Å². The Hall–Kier alpha value is -0.900. The third-order valence-corrected chi connectivity index (χ3v) is 3.04. The molecule has 0 bridgehead atoms. The van der Waals surface area contributed by atoms with E-state index in [0.717, 1.165) is 31.3 Å². The van der Waals surface area contributed by atoms with E-state index >= 15 is 0 Å². The topological polar surface area (TPSA) is 42.7 Å². The molecular weight excluding hydrogens is 188 g/mol. The lowest BCUT2D eigenvalue weighted by Gasteiger charge is -2.12. The Kier molecular flexibility index (Phi) is 3.36. The molecule has 15 heavy (non-hydrogen) atoms. The molecule has 0 spiro atoms. The predicted molar refractivity (Wildman–Crippen MR) is 59.3 cm³/mol. The van der Waals surface area contributed by atoms with Crippen LogP contribution in [-0.4, -0.2) is 20.8 Å². The second-order valence-corrected chi connectivity index (χ2v) is 4.41. The largest absolute Gasteiger partial charge is 0.307 e. The molecule has 4 heteroatoms. The van der Waals surface area contributed by atoms with E-state index in [1.807, 2.05) is 4.68 Å². The Morgan fingerprint density at radius 3 is 3.07 bits per heavy atom. The fourth-order valence-electron chi connectivity index (χ4n) is 1.84. The van der Waals surface area contributed by atoms with E-state index in [1.165, 1.54) is 12.8 Å². The molecule has 0 aliphatic heterocycles. The molecule has 1 aromatic rings. The Bertz CT molecular complexity index is 303. The SMILES string of the molecule is CCCn1ncnc1CNC(C)C1CC1. The van der Waals surface area contributed by atoms with E-state index in [0.29, 0.717) is 6.04 Å². The monoisotopic (exact) mass is 208 g/mol. The number of rotatable bonds is 6. The van der Waals surface area contributed by atoms with Crippen LogP contribution in [0.15, 0.2) is 6.33 Å². The molecule has 1 saturated carbocycles. The first-order chi connectivity index (χ1) is 7.31. The van der Waals surface area contributed by atoms with Crippen LogP contribution in [0.25, 0.3) is 0 Å². The van der Waals surface area contributed by atoms with Crippen molar-refractivity contribution >= 4 is 0 Å². The molecule has 84 valence electrons.